The largest absolute Gasteiger partial charge is 0.293 e. The number of hydrogen-bond acceptors (Lipinski definition) is 2. The Balaban J connectivity index is 2.07. The van der Waals surface area contributed by atoms with Gasteiger partial charge in [0.25, 0.3) is 0 Å². The van der Waals surface area contributed by atoms with E-state index >= 15 is 0 Å². The molecule has 1 aromatic rings. The van der Waals surface area contributed by atoms with Crippen molar-refractivity contribution in [3.8, 4) is 0 Å². The maximum absolute atomic E-state index is 12.3. The SMILES string of the molecule is CC(C(=O)c1ccccc1)S(=O)C1CCCC1. The molecular formula is C14H18O2S. The maximum atomic E-state index is 12.3. The van der Waals surface area contributed by atoms with Crippen LogP contribution in [0.4, 0.5) is 0 Å². The summed E-state index contributed by atoms with van der Waals surface area (Å²) in [5.41, 5.74) is 0.673. The summed E-state index contributed by atoms with van der Waals surface area (Å²) in [6.07, 6.45) is 4.34. The van der Waals surface area contributed by atoms with Gasteiger partial charge < -0.3 is 0 Å². The van der Waals surface area contributed by atoms with Crippen LogP contribution in [0.15, 0.2) is 30.3 Å². The molecule has 0 heterocycles. The number of carbonyl (C=O) groups excluding carboxylic acids is 1. The third-order valence-electron chi connectivity index (χ3n) is 3.41. The fourth-order valence-electron chi connectivity index (χ4n) is 2.35. The molecule has 0 aromatic heterocycles. The number of Topliss-reactive ketones (excluding diaryl/α,β-unsaturated/α-hetero) is 1. The van der Waals surface area contributed by atoms with Gasteiger partial charge in [-0.1, -0.05) is 43.2 Å². The predicted octanol–water partition coefficient (Wildman–Crippen LogP) is 2.95. The van der Waals surface area contributed by atoms with Gasteiger partial charge in [-0.05, 0) is 19.8 Å². The molecule has 0 bridgehead atoms. The van der Waals surface area contributed by atoms with E-state index in [1.165, 1.54) is 0 Å². The van der Waals surface area contributed by atoms with Gasteiger partial charge in [0.2, 0.25) is 0 Å². The van der Waals surface area contributed by atoms with Gasteiger partial charge in [0.1, 0.15) is 0 Å². The van der Waals surface area contributed by atoms with Gasteiger partial charge in [-0.25, -0.2) is 0 Å². The summed E-state index contributed by atoms with van der Waals surface area (Å²) in [6, 6.07) is 9.17. The molecule has 2 rings (SSSR count). The second-order valence-corrected chi connectivity index (χ2v) is 6.64. The smallest absolute Gasteiger partial charge is 0.178 e. The molecule has 0 saturated heterocycles. The van der Waals surface area contributed by atoms with Crippen LogP contribution in [0, 0.1) is 0 Å². The number of carbonyl (C=O) groups is 1. The number of rotatable bonds is 4. The lowest BCUT2D eigenvalue weighted by Gasteiger charge is -2.15. The van der Waals surface area contributed by atoms with E-state index in [0.717, 1.165) is 25.7 Å². The number of benzene rings is 1. The van der Waals surface area contributed by atoms with Gasteiger partial charge in [0.15, 0.2) is 5.78 Å². The highest BCUT2D eigenvalue weighted by Gasteiger charge is 2.29. The van der Waals surface area contributed by atoms with Crippen LogP contribution in [0.3, 0.4) is 0 Å². The Morgan fingerprint density at radius 3 is 2.41 bits per heavy atom. The summed E-state index contributed by atoms with van der Waals surface area (Å²) in [4.78, 5) is 12.1. The summed E-state index contributed by atoms with van der Waals surface area (Å²) >= 11 is 0. The number of ketones is 1. The number of hydrogen-bond donors (Lipinski definition) is 0. The zero-order valence-corrected chi connectivity index (χ0v) is 10.9. The highest BCUT2D eigenvalue weighted by Crippen LogP contribution is 2.25. The molecule has 0 aliphatic heterocycles. The van der Waals surface area contributed by atoms with Crippen molar-refractivity contribution < 1.29 is 9.00 Å². The van der Waals surface area contributed by atoms with Crippen LogP contribution >= 0.6 is 0 Å². The van der Waals surface area contributed by atoms with E-state index in [1.54, 1.807) is 19.1 Å². The van der Waals surface area contributed by atoms with E-state index in [0.29, 0.717) is 5.56 Å². The maximum Gasteiger partial charge on any atom is 0.178 e. The van der Waals surface area contributed by atoms with Crippen LogP contribution in [0.2, 0.25) is 0 Å². The molecule has 92 valence electrons. The Morgan fingerprint density at radius 1 is 1.24 bits per heavy atom. The predicted molar refractivity (Wildman–Crippen MR) is 70.6 cm³/mol. The molecule has 1 aliphatic rings. The molecule has 0 N–H and O–H groups in total. The molecule has 0 amide bonds. The summed E-state index contributed by atoms with van der Waals surface area (Å²) in [5.74, 6) is 0.0100. The van der Waals surface area contributed by atoms with E-state index < -0.39 is 10.8 Å². The Hall–Kier alpha value is -0.960. The Labute approximate surface area is 105 Å². The van der Waals surface area contributed by atoms with Crippen LogP contribution in [0.25, 0.3) is 0 Å². The summed E-state index contributed by atoms with van der Waals surface area (Å²) < 4.78 is 12.3. The van der Waals surface area contributed by atoms with Crippen LogP contribution in [0.1, 0.15) is 43.0 Å². The van der Waals surface area contributed by atoms with Crippen LogP contribution in [-0.4, -0.2) is 20.5 Å². The highest BCUT2D eigenvalue weighted by atomic mass is 32.2. The van der Waals surface area contributed by atoms with Gasteiger partial charge in [0, 0.05) is 21.6 Å². The van der Waals surface area contributed by atoms with Crippen LogP contribution in [0.5, 0.6) is 0 Å². The van der Waals surface area contributed by atoms with E-state index in [4.69, 9.17) is 0 Å². The first-order valence-electron chi connectivity index (χ1n) is 6.19. The van der Waals surface area contributed by atoms with Crippen molar-refractivity contribution in [2.75, 3.05) is 0 Å². The zero-order valence-electron chi connectivity index (χ0n) is 10.1. The molecule has 2 nitrogen and oxygen atoms in total. The molecular weight excluding hydrogens is 232 g/mol. The molecule has 0 radical (unpaired) electrons. The van der Waals surface area contributed by atoms with Crippen molar-refractivity contribution in [1.82, 2.24) is 0 Å². The Morgan fingerprint density at radius 2 is 1.82 bits per heavy atom. The van der Waals surface area contributed by atoms with Gasteiger partial charge in [0.05, 0.1) is 5.25 Å². The van der Waals surface area contributed by atoms with E-state index in [1.807, 2.05) is 18.2 Å². The third-order valence-corrected chi connectivity index (χ3v) is 5.45. The lowest BCUT2D eigenvalue weighted by molar-refractivity contribution is 0.0992. The van der Waals surface area contributed by atoms with Crippen molar-refractivity contribution in [3.63, 3.8) is 0 Å². The van der Waals surface area contributed by atoms with E-state index in [-0.39, 0.29) is 16.3 Å². The van der Waals surface area contributed by atoms with E-state index in [9.17, 15) is 9.00 Å². The lowest BCUT2D eigenvalue weighted by atomic mass is 10.1. The first kappa shape index (κ1) is 12.5. The van der Waals surface area contributed by atoms with E-state index in [2.05, 4.69) is 0 Å². The average Bonchev–Trinajstić information content (AvgIpc) is 2.91. The zero-order chi connectivity index (χ0) is 12.3. The second kappa shape index (κ2) is 5.58. The third kappa shape index (κ3) is 2.83. The quantitative estimate of drug-likeness (QED) is 0.770. The topological polar surface area (TPSA) is 34.1 Å². The minimum Gasteiger partial charge on any atom is -0.293 e. The summed E-state index contributed by atoms with van der Waals surface area (Å²) in [7, 11) is -1.02. The fraction of sp³-hybridized carbons (Fsp3) is 0.500. The highest BCUT2D eigenvalue weighted by molar-refractivity contribution is 7.87. The molecule has 1 fully saturated rings. The van der Waals surface area contributed by atoms with Crippen molar-refractivity contribution in [1.29, 1.82) is 0 Å². The van der Waals surface area contributed by atoms with Crippen molar-refractivity contribution in [3.05, 3.63) is 35.9 Å². The summed E-state index contributed by atoms with van der Waals surface area (Å²) in [5, 5.41) is -0.141. The van der Waals surface area contributed by atoms with Crippen molar-refractivity contribution >= 4 is 16.6 Å². The van der Waals surface area contributed by atoms with Crippen molar-refractivity contribution in [2.45, 2.75) is 43.1 Å². The lowest BCUT2D eigenvalue weighted by Crippen LogP contribution is -2.29. The van der Waals surface area contributed by atoms with Gasteiger partial charge in [-0.15, -0.1) is 0 Å². The monoisotopic (exact) mass is 250 g/mol. The molecule has 1 saturated carbocycles. The molecule has 0 spiro atoms. The summed E-state index contributed by atoms with van der Waals surface area (Å²) in [6.45, 7) is 1.80. The minimum atomic E-state index is -1.02. The Bertz CT molecular complexity index is 407. The fourth-order valence-corrected chi connectivity index (χ4v) is 4.07. The van der Waals surface area contributed by atoms with Gasteiger partial charge >= 0.3 is 0 Å². The van der Waals surface area contributed by atoms with Crippen LogP contribution in [-0.2, 0) is 10.8 Å². The molecule has 3 heteroatoms. The first-order chi connectivity index (χ1) is 8.20. The van der Waals surface area contributed by atoms with Crippen molar-refractivity contribution in [2.24, 2.45) is 0 Å². The standard InChI is InChI=1S/C14H18O2S/c1-11(17(16)13-9-5-6-10-13)14(15)12-7-3-2-4-8-12/h2-4,7-8,11,13H,5-6,9-10H2,1H3. The average molecular weight is 250 g/mol. The Kier molecular flexibility index (Phi) is 4.11. The minimum absolute atomic E-state index is 0.0100. The molecule has 2 atom stereocenters. The molecule has 2 unspecified atom stereocenters. The van der Waals surface area contributed by atoms with Gasteiger partial charge in [-0.3, -0.25) is 9.00 Å². The second-order valence-electron chi connectivity index (χ2n) is 4.61. The molecule has 17 heavy (non-hydrogen) atoms. The molecule has 1 aromatic carbocycles. The first-order valence-corrected chi connectivity index (χ1v) is 7.46. The normalized spacial score (nSPS) is 20.1. The van der Waals surface area contributed by atoms with Crippen LogP contribution < -0.4 is 0 Å². The van der Waals surface area contributed by atoms with Gasteiger partial charge in [-0.2, -0.15) is 0 Å². The molecule has 1 aliphatic carbocycles.